The van der Waals surface area contributed by atoms with Gasteiger partial charge in [0.15, 0.2) is 0 Å². The number of hydrogen-bond donors (Lipinski definition) is 1. The lowest BCUT2D eigenvalue weighted by atomic mass is 9.77. The average molecular weight is 460 g/mol. The van der Waals surface area contributed by atoms with Crippen LogP contribution in [0.3, 0.4) is 0 Å². The van der Waals surface area contributed by atoms with Crippen molar-refractivity contribution in [3.63, 3.8) is 0 Å². The van der Waals surface area contributed by atoms with Crippen LogP contribution in [0, 0.1) is 0 Å². The molecule has 0 fully saturated rings. The van der Waals surface area contributed by atoms with Crippen molar-refractivity contribution in [1.82, 2.24) is 4.72 Å². The fourth-order valence-electron chi connectivity index (χ4n) is 4.00. The van der Waals surface area contributed by atoms with Crippen molar-refractivity contribution in [1.29, 1.82) is 0 Å². The highest BCUT2D eigenvalue weighted by atomic mass is 32.2. The second-order valence-electron chi connectivity index (χ2n) is 7.47. The van der Waals surface area contributed by atoms with E-state index in [0.29, 0.717) is 17.1 Å². The van der Waals surface area contributed by atoms with Crippen LogP contribution >= 0.6 is 0 Å². The van der Waals surface area contributed by atoms with E-state index in [2.05, 4.69) is 4.72 Å². The van der Waals surface area contributed by atoms with Crippen molar-refractivity contribution in [3.05, 3.63) is 126 Å². The minimum absolute atomic E-state index is 0.175. The van der Waals surface area contributed by atoms with E-state index in [1.807, 2.05) is 66.7 Å². The van der Waals surface area contributed by atoms with Crippen LogP contribution in [-0.4, -0.2) is 22.6 Å². The van der Waals surface area contributed by atoms with E-state index < -0.39 is 15.6 Å². The molecule has 168 valence electrons. The van der Waals surface area contributed by atoms with Gasteiger partial charge in [-0.25, -0.2) is 8.42 Å². The molecular formula is C27H25NO4S. The minimum atomic E-state index is -3.94. The van der Waals surface area contributed by atoms with Crippen LogP contribution in [0.1, 0.15) is 16.7 Å². The summed E-state index contributed by atoms with van der Waals surface area (Å²) < 4.78 is 41.6. The second kappa shape index (κ2) is 9.48. The van der Waals surface area contributed by atoms with E-state index >= 15 is 0 Å². The van der Waals surface area contributed by atoms with Crippen LogP contribution in [0.25, 0.3) is 0 Å². The van der Waals surface area contributed by atoms with Crippen LogP contribution in [0.15, 0.2) is 114 Å². The normalized spacial score (nSPS) is 11.7. The summed E-state index contributed by atoms with van der Waals surface area (Å²) in [6, 6.07) is 32.7. The molecule has 0 aromatic heterocycles. The zero-order valence-corrected chi connectivity index (χ0v) is 19.3. The summed E-state index contributed by atoms with van der Waals surface area (Å²) in [5.74, 6) is 1.11. The number of nitrogens with one attached hydrogen (secondary N) is 1. The fraction of sp³-hybridized carbons (Fsp3) is 0.111. The summed E-state index contributed by atoms with van der Waals surface area (Å²) in [4.78, 5) is 0.175. The zero-order valence-electron chi connectivity index (χ0n) is 18.4. The molecule has 0 aliphatic carbocycles. The van der Waals surface area contributed by atoms with Crippen LogP contribution in [0.5, 0.6) is 11.5 Å². The topological polar surface area (TPSA) is 64.6 Å². The van der Waals surface area contributed by atoms with E-state index in [9.17, 15) is 8.42 Å². The van der Waals surface area contributed by atoms with Gasteiger partial charge in [-0.1, -0.05) is 78.9 Å². The first-order valence-corrected chi connectivity index (χ1v) is 11.9. The summed E-state index contributed by atoms with van der Waals surface area (Å²) in [6.07, 6.45) is 0. The molecule has 0 aliphatic heterocycles. The molecule has 0 spiro atoms. The molecular weight excluding hydrogens is 434 g/mol. The SMILES string of the molecule is COc1ccc(C(NS(=O)(=O)c2ccccc2)(c2ccccc2)c2ccccc2)c(OC)c1. The van der Waals surface area contributed by atoms with Gasteiger partial charge in [0.05, 0.1) is 19.1 Å². The number of hydrogen-bond acceptors (Lipinski definition) is 4. The van der Waals surface area contributed by atoms with Crippen LogP contribution < -0.4 is 14.2 Å². The maximum atomic E-state index is 13.7. The Morgan fingerprint density at radius 3 is 1.67 bits per heavy atom. The fourth-order valence-corrected chi connectivity index (χ4v) is 5.38. The molecule has 5 nitrogen and oxygen atoms in total. The molecule has 0 bridgehead atoms. The molecule has 0 atom stereocenters. The Kier molecular flexibility index (Phi) is 6.49. The Bertz CT molecular complexity index is 1270. The Labute approximate surface area is 194 Å². The number of ether oxygens (including phenoxy) is 2. The third kappa shape index (κ3) is 4.35. The van der Waals surface area contributed by atoms with Gasteiger partial charge in [-0.3, -0.25) is 0 Å². The van der Waals surface area contributed by atoms with E-state index in [1.54, 1.807) is 56.7 Å². The molecule has 33 heavy (non-hydrogen) atoms. The monoisotopic (exact) mass is 459 g/mol. The van der Waals surface area contributed by atoms with E-state index in [0.717, 1.165) is 11.1 Å². The van der Waals surface area contributed by atoms with Crippen molar-refractivity contribution < 1.29 is 17.9 Å². The predicted octanol–water partition coefficient (Wildman–Crippen LogP) is 4.97. The average Bonchev–Trinajstić information content (AvgIpc) is 2.88. The Morgan fingerprint density at radius 1 is 0.667 bits per heavy atom. The van der Waals surface area contributed by atoms with Gasteiger partial charge in [0.2, 0.25) is 10.0 Å². The van der Waals surface area contributed by atoms with Crippen molar-refractivity contribution in [3.8, 4) is 11.5 Å². The molecule has 1 N–H and O–H groups in total. The van der Waals surface area contributed by atoms with Gasteiger partial charge in [-0.15, -0.1) is 0 Å². The summed E-state index contributed by atoms with van der Waals surface area (Å²) in [5.41, 5.74) is 0.871. The Hall–Kier alpha value is -3.61. The lowest BCUT2D eigenvalue weighted by Gasteiger charge is -2.37. The molecule has 0 saturated heterocycles. The van der Waals surface area contributed by atoms with Gasteiger partial charge in [-0.05, 0) is 35.4 Å². The largest absolute Gasteiger partial charge is 0.497 e. The van der Waals surface area contributed by atoms with Crippen LogP contribution in [0.2, 0.25) is 0 Å². The van der Waals surface area contributed by atoms with Gasteiger partial charge >= 0.3 is 0 Å². The molecule has 0 aliphatic rings. The first-order chi connectivity index (χ1) is 16.0. The third-order valence-electron chi connectivity index (χ3n) is 5.57. The maximum absolute atomic E-state index is 13.7. The molecule has 0 amide bonds. The van der Waals surface area contributed by atoms with Crippen molar-refractivity contribution >= 4 is 10.0 Å². The molecule has 4 rings (SSSR count). The lowest BCUT2D eigenvalue weighted by Crippen LogP contribution is -2.47. The lowest BCUT2D eigenvalue weighted by molar-refractivity contribution is 0.383. The van der Waals surface area contributed by atoms with Crippen LogP contribution in [0.4, 0.5) is 0 Å². The predicted molar refractivity (Wildman–Crippen MR) is 129 cm³/mol. The second-order valence-corrected chi connectivity index (χ2v) is 9.15. The number of methoxy groups -OCH3 is 2. The van der Waals surface area contributed by atoms with E-state index in [1.165, 1.54) is 0 Å². The molecule has 6 heteroatoms. The molecule has 0 radical (unpaired) electrons. The van der Waals surface area contributed by atoms with E-state index in [4.69, 9.17) is 9.47 Å². The molecule has 4 aromatic carbocycles. The Morgan fingerprint density at radius 2 is 1.18 bits per heavy atom. The molecule has 0 saturated carbocycles. The van der Waals surface area contributed by atoms with Gasteiger partial charge in [0.25, 0.3) is 0 Å². The molecule has 4 aromatic rings. The smallest absolute Gasteiger partial charge is 0.241 e. The summed E-state index contributed by atoms with van der Waals surface area (Å²) >= 11 is 0. The van der Waals surface area contributed by atoms with Gasteiger partial charge in [0, 0.05) is 11.6 Å². The summed E-state index contributed by atoms with van der Waals surface area (Å²) in [7, 11) is -0.802. The van der Waals surface area contributed by atoms with Crippen molar-refractivity contribution in [2.24, 2.45) is 0 Å². The van der Waals surface area contributed by atoms with Gasteiger partial charge < -0.3 is 9.47 Å². The third-order valence-corrected chi connectivity index (χ3v) is 7.03. The van der Waals surface area contributed by atoms with Gasteiger partial charge in [0.1, 0.15) is 17.0 Å². The van der Waals surface area contributed by atoms with E-state index in [-0.39, 0.29) is 4.90 Å². The molecule has 0 heterocycles. The maximum Gasteiger partial charge on any atom is 0.241 e. The van der Waals surface area contributed by atoms with Gasteiger partial charge in [-0.2, -0.15) is 4.72 Å². The summed E-state index contributed by atoms with van der Waals surface area (Å²) in [5, 5.41) is 0. The Balaban J connectivity index is 2.07. The standard InChI is InChI=1S/C27H25NO4S/c1-31-23-18-19-25(26(20-23)32-2)27(21-12-6-3-7-13-21,22-14-8-4-9-15-22)28-33(29,30)24-16-10-5-11-17-24/h3-20,28H,1-2H3. The summed E-state index contributed by atoms with van der Waals surface area (Å²) in [6.45, 7) is 0. The highest BCUT2D eigenvalue weighted by molar-refractivity contribution is 7.89. The first-order valence-electron chi connectivity index (χ1n) is 10.4. The molecule has 0 unspecified atom stereocenters. The van der Waals surface area contributed by atoms with Crippen LogP contribution in [-0.2, 0) is 15.6 Å². The quantitative estimate of drug-likeness (QED) is 0.378. The first kappa shape index (κ1) is 22.6. The highest BCUT2D eigenvalue weighted by Crippen LogP contribution is 2.43. The number of sulfonamides is 1. The minimum Gasteiger partial charge on any atom is -0.497 e. The van der Waals surface area contributed by atoms with Crippen molar-refractivity contribution in [2.75, 3.05) is 14.2 Å². The van der Waals surface area contributed by atoms with Crippen molar-refractivity contribution in [2.45, 2.75) is 10.4 Å². The number of benzene rings is 4. The highest BCUT2D eigenvalue weighted by Gasteiger charge is 2.42. The number of rotatable bonds is 8. The zero-order chi connectivity index (χ0) is 23.3.